The maximum atomic E-state index is 13.6. The largest absolute Gasteiger partial charge is 0.508 e. The van der Waals surface area contributed by atoms with Gasteiger partial charge in [-0.2, -0.15) is 0 Å². The van der Waals surface area contributed by atoms with Crippen molar-refractivity contribution in [1.82, 2.24) is 0 Å². The van der Waals surface area contributed by atoms with Gasteiger partial charge in [-0.15, -0.1) is 0 Å². The SMILES string of the molecule is COc1ccc(CCC(=O)c2c(O)cc(O)c(C(c3ccc(O)cc3)C(C/C=C/c3ccc(O)cc3)COC(=O)/C=C/c3ccccc3)c2O)cc1. The molecule has 9 nitrogen and oxygen atoms in total. The second-order valence-electron chi connectivity index (χ2n) is 12.3. The zero-order valence-corrected chi connectivity index (χ0v) is 28.6. The van der Waals surface area contributed by atoms with Crippen LogP contribution in [0, 0.1) is 5.92 Å². The maximum Gasteiger partial charge on any atom is 0.330 e. The molecule has 0 saturated heterocycles. The number of ketones is 1. The van der Waals surface area contributed by atoms with Gasteiger partial charge in [-0.1, -0.05) is 78.9 Å². The standard InChI is InChI=1S/C43H40O9/c1-51-35-22-12-30(13-23-35)14-24-36(46)41-37(47)26-38(48)42(43(41)50)40(31-16-20-34(45)21-17-31)32(9-5-8-29-10-18-33(44)19-11-29)27-52-39(49)25-15-28-6-3-2-4-7-28/h2-8,10-13,15-23,25-26,32,40,44-45,47-48,50H,9,14,24,27H2,1H3/b8-5+,25-15+. The fraction of sp³-hybridized carbons (Fsp3) is 0.163. The molecule has 0 aromatic heterocycles. The highest BCUT2D eigenvalue weighted by Crippen LogP contribution is 2.48. The van der Waals surface area contributed by atoms with Gasteiger partial charge in [-0.3, -0.25) is 4.79 Å². The summed E-state index contributed by atoms with van der Waals surface area (Å²) in [5.41, 5.74) is 2.59. The summed E-state index contributed by atoms with van der Waals surface area (Å²) in [5.74, 6) is -3.58. The monoisotopic (exact) mass is 700 g/mol. The number of carbonyl (C=O) groups excluding carboxylic acids is 2. The van der Waals surface area contributed by atoms with Gasteiger partial charge in [0.1, 0.15) is 40.1 Å². The van der Waals surface area contributed by atoms with Gasteiger partial charge in [0.15, 0.2) is 5.78 Å². The van der Waals surface area contributed by atoms with Crippen LogP contribution in [0.1, 0.15) is 56.9 Å². The maximum absolute atomic E-state index is 13.6. The lowest BCUT2D eigenvalue weighted by molar-refractivity contribution is -0.139. The Morgan fingerprint density at radius 1 is 0.731 bits per heavy atom. The van der Waals surface area contributed by atoms with Crippen LogP contribution in [0.15, 0.2) is 121 Å². The molecular weight excluding hydrogens is 660 g/mol. The topological polar surface area (TPSA) is 154 Å². The summed E-state index contributed by atoms with van der Waals surface area (Å²) in [7, 11) is 1.56. The predicted molar refractivity (Wildman–Crippen MR) is 199 cm³/mol. The molecule has 0 aliphatic heterocycles. The van der Waals surface area contributed by atoms with E-state index in [0.717, 1.165) is 22.8 Å². The lowest BCUT2D eigenvalue weighted by Crippen LogP contribution is -2.22. The molecule has 0 fully saturated rings. The number of hydrogen-bond donors (Lipinski definition) is 5. The van der Waals surface area contributed by atoms with Gasteiger partial charge in [0.25, 0.3) is 0 Å². The van der Waals surface area contributed by atoms with E-state index in [0.29, 0.717) is 17.7 Å². The lowest BCUT2D eigenvalue weighted by atomic mass is 9.77. The number of hydrogen-bond acceptors (Lipinski definition) is 9. The van der Waals surface area contributed by atoms with Gasteiger partial charge in [0.05, 0.1) is 13.7 Å². The van der Waals surface area contributed by atoms with Crippen molar-refractivity contribution in [2.45, 2.75) is 25.2 Å². The van der Waals surface area contributed by atoms with Crippen LogP contribution in [0.2, 0.25) is 0 Å². The molecule has 0 heterocycles. The number of rotatable bonds is 15. The second kappa shape index (κ2) is 17.4. The van der Waals surface area contributed by atoms with E-state index in [1.807, 2.05) is 54.6 Å². The number of esters is 1. The Morgan fingerprint density at radius 3 is 2.02 bits per heavy atom. The molecule has 52 heavy (non-hydrogen) atoms. The average molecular weight is 701 g/mol. The Bertz CT molecular complexity index is 2020. The molecule has 0 aliphatic rings. The molecule has 0 amide bonds. The van der Waals surface area contributed by atoms with Crippen LogP contribution in [0.25, 0.3) is 12.2 Å². The summed E-state index contributed by atoms with van der Waals surface area (Å²) in [4.78, 5) is 26.6. The molecule has 5 N–H and O–H groups in total. The summed E-state index contributed by atoms with van der Waals surface area (Å²) in [6.45, 7) is -0.177. The van der Waals surface area contributed by atoms with Crippen molar-refractivity contribution in [3.05, 3.63) is 155 Å². The first-order valence-corrected chi connectivity index (χ1v) is 16.7. The van der Waals surface area contributed by atoms with E-state index < -0.39 is 40.8 Å². The van der Waals surface area contributed by atoms with E-state index in [1.165, 1.54) is 18.2 Å². The minimum Gasteiger partial charge on any atom is -0.508 e. The molecule has 0 radical (unpaired) electrons. The summed E-state index contributed by atoms with van der Waals surface area (Å²) >= 11 is 0. The van der Waals surface area contributed by atoms with Crippen LogP contribution in [-0.2, 0) is 16.0 Å². The van der Waals surface area contributed by atoms with Crippen molar-refractivity contribution in [2.24, 2.45) is 5.92 Å². The number of phenolic OH excluding ortho intramolecular Hbond substituents is 5. The van der Waals surface area contributed by atoms with Crippen molar-refractivity contribution >= 4 is 23.9 Å². The van der Waals surface area contributed by atoms with Gasteiger partial charge in [-0.05, 0) is 77.6 Å². The van der Waals surface area contributed by atoms with E-state index in [4.69, 9.17) is 9.47 Å². The first-order valence-electron chi connectivity index (χ1n) is 16.7. The molecule has 5 aromatic carbocycles. The first kappa shape index (κ1) is 36.8. The van der Waals surface area contributed by atoms with Crippen molar-refractivity contribution in [2.75, 3.05) is 13.7 Å². The predicted octanol–water partition coefficient (Wildman–Crippen LogP) is 8.15. The van der Waals surface area contributed by atoms with Crippen LogP contribution < -0.4 is 4.74 Å². The van der Waals surface area contributed by atoms with Crippen LogP contribution in [-0.4, -0.2) is 51.0 Å². The van der Waals surface area contributed by atoms with E-state index >= 15 is 0 Å². The van der Waals surface area contributed by atoms with Crippen LogP contribution in [0.4, 0.5) is 0 Å². The van der Waals surface area contributed by atoms with Crippen LogP contribution >= 0.6 is 0 Å². The lowest BCUT2D eigenvalue weighted by Gasteiger charge is -2.29. The van der Waals surface area contributed by atoms with Gasteiger partial charge in [0, 0.05) is 36.0 Å². The second-order valence-corrected chi connectivity index (χ2v) is 12.3. The number of allylic oxidation sites excluding steroid dienone is 1. The number of Topliss-reactive ketones (excluding diaryl/α,β-unsaturated/α-hetero) is 1. The van der Waals surface area contributed by atoms with Crippen molar-refractivity contribution in [3.63, 3.8) is 0 Å². The molecule has 5 aromatic rings. The molecule has 0 saturated carbocycles. The van der Waals surface area contributed by atoms with Crippen molar-refractivity contribution < 1.29 is 44.6 Å². The van der Waals surface area contributed by atoms with Crippen LogP contribution in [0.3, 0.4) is 0 Å². The highest BCUT2D eigenvalue weighted by molar-refractivity contribution is 6.02. The first-order chi connectivity index (χ1) is 25.1. The van der Waals surface area contributed by atoms with E-state index in [9.17, 15) is 35.1 Å². The molecule has 9 heteroatoms. The van der Waals surface area contributed by atoms with Gasteiger partial charge in [0.2, 0.25) is 0 Å². The van der Waals surface area contributed by atoms with Crippen molar-refractivity contribution in [3.8, 4) is 34.5 Å². The number of aromatic hydroxyl groups is 5. The van der Waals surface area contributed by atoms with Gasteiger partial charge >= 0.3 is 5.97 Å². The third kappa shape index (κ3) is 9.60. The smallest absolute Gasteiger partial charge is 0.330 e. The molecule has 0 bridgehead atoms. The number of aryl methyl sites for hydroxylation is 1. The quantitative estimate of drug-likeness (QED) is 0.0414. The van der Waals surface area contributed by atoms with E-state index in [2.05, 4.69) is 0 Å². The Morgan fingerprint density at radius 2 is 1.37 bits per heavy atom. The Kier molecular flexibility index (Phi) is 12.3. The molecule has 2 atom stereocenters. The molecular formula is C43H40O9. The van der Waals surface area contributed by atoms with E-state index in [-0.39, 0.29) is 42.1 Å². The molecule has 266 valence electrons. The summed E-state index contributed by atoms with van der Waals surface area (Å²) in [6.07, 6.45) is 7.12. The Labute approximate surface area is 302 Å². The third-order valence-electron chi connectivity index (χ3n) is 8.70. The Hall–Kier alpha value is -6.48. The van der Waals surface area contributed by atoms with E-state index in [1.54, 1.807) is 61.7 Å². The molecule has 0 spiro atoms. The summed E-state index contributed by atoms with van der Waals surface area (Å²) < 4.78 is 10.9. The summed E-state index contributed by atoms with van der Waals surface area (Å²) in [5, 5.41) is 53.8. The third-order valence-corrected chi connectivity index (χ3v) is 8.70. The van der Waals surface area contributed by atoms with Crippen molar-refractivity contribution in [1.29, 1.82) is 0 Å². The van der Waals surface area contributed by atoms with Gasteiger partial charge < -0.3 is 35.0 Å². The number of ether oxygens (including phenoxy) is 2. The number of benzene rings is 5. The molecule has 5 rings (SSSR count). The Balaban J connectivity index is 1.52. The van der Waals surface area contributed by atoms with Gasteiger partial charge in [-0.25, -0.2) is 4.79 Å². The van der Waals surface area contributed by atoms with Crippen LogP contribution in [0.5, 0.6) is 34.5 Å². The zero-order valence-electron chi connectivity index (χ0n) is 28.6. The minimum atomic E-state index is -0.898. The fourth-order valence-electron chi connectivity index (χ4n) is 6.00. The number of phenols is 5. The molecule has 0 aliphatic carbocycles. The minimum absolute atomic E-state index is 0.0164. The molecule has 2 unspecified atom stereocenters. The normalized spacial score (nSPS) is 12.5. The highest BCUT2D eigenvalue weighted by atomic mass is 16.5. The fourth-order valence-corrected chi connectivity index (χ4v) is 6.00. The zero-order chi connectivity index (χ0) is 37.0. The summed E-state index contributed by atoms with van der Waals surface area (Å²) in [6, 6.07) is 30.2. The highest BCUT2D eigenvalue weighted by Gasteiger charge is 2.34. The number of carbonyl (C=O) groups is 2. The number of methoxy groups -OCH3 is 1. The average Bonchev–Trinajstić information content (AvgIpc) is 3.15.